The van der Waals surface area contributed by atoms with Gasteiger partial charge >= 0.3 is 6.03 Å². The van der Waals surface area contributed by atoms with Crippen molar-refractivity contribution in [2.45, 2.75) is 18.9 Å². The number of fused-ring (bicyclic) bond motifs is 1. The third-order valence-electron chi connectivity index (χ3n) is 6.93. The van der Waals surface area contributed by atoms with Gasteiger partial charge < -0.3 is 16.0 Å². The van der Waals surface area contributed by atoms with Crippen molar-refractivity contribution >= 4 is 51.7 Å². The van der Waals surface area contributed by atoms with Crippen molar-refractivity contribution in [3.63, 3.8) is 0 Å². The summed E-state index contributed by atoms with van der Waals surface area (Å²) >= 11 is 6.49. The van der Waals surface area contributed by atoms with Gasteiger partial charge in [-0.25, -0.2) is 24.7 Å². The molecular formula is C29H23ClN10O2. The molecule has 2 amide bonds. The molecule has 0 bridgehead atoms. The summed E-state index contributed by atoms with van der Waals surface area (Å²) in [5.74, 6) is 1.28. The number of urea groups is 1. The van der Waals surface area contributed by atoms with E-state index in [1.165, 1.54) is 10.9 Å². The maximum absolute atomic E-state index is 14.1. The Morgan fingerprint density at radius 2 is 1.93 bits per heavy atom. The first kappa shape index (κ1) is 26.7. The van der Waals surface area contributed by atoms with Crippen LogP contribution in [0.25, 0.3) is 16.6 Å². The number of amides is 2. The van der Waals surface area contributed by atoms with Gasteiger partial charge in [0.05, 0.1) is 27.7 Å². The first-order valence-corrected chi connectivity index (χ1v) is 13.4. The number of rotatable bonds is 5. The second-order valence-electron chi connectivity index (χ2n) is 9.51. The number of anilines is 4. The smallest absolute Gasteiger partial charge is 0.324 e. The number of nitrogens with one attached hydrogen (secondary N) is 2. The number of nitrogens with zero attached hydrogens (tertiary/aromatic N) is 7. The minimum absolute atomic E-state index is 0.0755. The Labute approximate surface area is 244 Å². The standard InChI is InChI=1S/C29H23ClN10O2/c30-20-8-4-9-21-24(20)28(41)40(18-7-3-6-17(14-18)36-29(42)38-23-11-1-2-12-33-23)27(37-21)22-10-5-13-39(22)26-19(15-31)25(32)34-16-35-26/h1-4,6-9,11-12,14,16,22H,5,10,13H2,(H2,32,34,35)(H2,33,36,38,42). The van der Waals surface area contributed by atoms with Gasteiger partial charge in [-0.2, -0.15) is 5.26 Å². The van der Waals surface area contributed by atoms with E-state index in [4.69, 9.17) is 22.3 Å². The molecular weight excluding hydrogens is 556 g/mol. The van der Waals surface area contributed by atoms with E-state index in [2.05, 4.69) is 31.7 Å². The normalized spacial score (nSPS) is 14.5. The van der Waals surface area contributed by atoms with Crippen LogP contribution in [0, 0.1) is 11.3 Å². The number of carbonyl (C=O) groups excluding carboxylic acids is 1. The Bertz CT molecular complexity index is 1920. The zero-order valence-corrected chi connectivity index (χ0v) is 22.8. The number of nitrogen functional groups attached to an aromatic ring is 1. The first-order chi connectivity index (χ1) is 20.4. The summed E-state index contributed by atoms with van der Waals surface area (Å²) in [4.78, 5) is 46.1. The molecule has 42 heavy (non-hydrogen) atoms. The summed E-state index contributed by atoms with van der Waals surface area (Å²) in [6.07, 6.45) is 4.28. The van der Waals surface area contributed by atoms with E-state index in [9.17, 15) is 14.9 Å². The van der Waals surface area contributed by atoms with Crippen molar-refractivity contribution in [2.24, 2.45) is 0 Å². The maximum Gasteiger partial charge on any atom is 0.324 e. The molecule has 1 aliphatic heterocycles. The van der Waals surface area contributed by atoms with Crippen LogP contribution >= 0.6 is 11.6 Å². The summed E-state index contributed by atoms with van der Waals surface area (Å²) in [6.45, 7) is 0.564. The van der Waals surface area contributed by atoms with E-state index in [0.717, 1.165) is 6.42 Å². The molecule has 4 heterocycles. The molecule has 0 saturated carbocycles. The van der Waals surface area contributed by atoms with Crippen molar-refractivity contribution < 1.29 is 4.79 Å². The number of benzene rings is 2. The quantitative estimate of drug-likeness (QED) is 0.268. The lowest BCUT2D eigenvalue weighted by atomic mass is 10.1. The fourth-order valence-corrected chi connectivity index (χ4v) is 5.37. The third kappa shape index (κ3) is 4.93. The largest absolute Gasteiger partial charge is 0.382 e. The number of aromatic nitrogens is 5. The van der Waals surface area contributed by atoms with Gasteiger partial charge in [-0.05, 0) is 55.3 Å². The average Bonchev–Trinajstić information content (AvgIpc) is 3.47. The van der Waals surface area contributed by atoms with Crippen LogP contribution in [-0.2, 0) is 0 Å². The van der Waals surface area contributed by atoms with E-state index in [0.29, 0.717) is 47.3 Å². The van der Waals surface area contributed by atoms with Crippen molar-refractivity contribution in [1.82, 2.24) is 24.5 Å². The lowest BCUT2D eigenvalue weighted by Crippen LogP contribution is -2.32. The van der Waals surface area contributed by atoms with Crippen LogP contribution in [0.3, 0.4) is 0 Å². The van der Waals surface area contributed by atoms with Crippen LogP contribution in [0.1, 0.15) is 30.3 Å². The number of halogens is 1. The first-order valence-electron chi connectivity index (χ1n) is 13.0. The van der Waals surface area contributed by atoms with Crippen LogP contribution in [0.15, 0.2) is 78.0 Å². The lowest BCUT2D eigenvalue weighted by molar-refractivity contribution is 0.262. The van der Waals surface area contributed by atoms with Crippen molar-refractivity contribution in [1.29, 1.82) is 5.26 Å². The Kier molecular flexibility index (Phi) is 7.08. The molecule has 3 aromatic heterocycles. The molecule has 13 heteroatoms. The minimum Gasteiger partial charge on any atom is -0.382 e. The van der Waals surface area contributed by atoms with E-state index in [1.807, 2.05) is 4.90 Å². The highest BCUT2D eigenvalue weighted by Crippen LogP contribution is 2.38. The molecule has 1 saturated heterocycles. The lowest BCUT2D eigenvalue weighted by Gasteiger charge is -2.28. The number of carbonyl (C=O) groups is 1. The molecule has 1 atom stereocenters. The van der Waals surface area contributed by atoms with Crippen molar-refractivity contribution in [3.05, 3.63) is 100.0 Å². The minimum atomic E-state index is -0.495. The van der Waals surface area contributed by atoms with Gasteiger partial charge in [-0.3, -0.25) is 14.7 Å². The molecule has 12 nitrogen and oxygen atoms in total. The number of pyridine rings is 1. The maximum atomic E-state index is 14.1. The van der Waals surface area contributed by atoms with Gasteiger partial charge in [-0.1, -0.05) is 29.8 Å². The molecule has 6 rings (SSSR count). The molecule has 208 valence electrons. The molecule has 1 unspecified atom stereocenters. The predicted octanol–water partition coefficient (Wildman–Crippen LogP) is 4.66. The van der Waals surface area contributed by atoms with Crippen LogP contribution in [0.5, 0.6) is 0 Å². The average molecular weight is 579 g/mol. The molecule has 0 radical (unpaired) electrons. The fraction of sp³-hybridized carbons (Fsp3) is 0.138. The monoisotopic (exact) mass is 578 g/mol. The molecule has 1 aliphatic rings. The number of hydrogen-bond donors (Lipinski definition) is 3. The van der Waals surface area contributed by atoms with Crippen LogP contribution in [0.4, 0.5) is 27.9 Å². The number of nitriles is 1. The summed E-state index contributed by atoms with van der Waals surface area (Å²) in [6, 6.07) is 18.3. The number of hydrogen-bond acceptors (Lipinski definition) is 9. The van der Waals surface area contributed by atoms with Gasteiger partial charge in [0.25, 0.3) is 5.56 Å². The van der Waals surface area contributed by atoms with Gasteiger partial charge in [0.1, 0.15) is 35.4 Å². The van der Waals surface area contributed by atoms with E-state index >= 15 is 0 Å². The topological polar surface area (TPSA) is 168 Å². The Morgan fingerprint density at radius 3 is 2.74 bits per heavy atom. The summed E-state index contributed by atoms with van der Waals surface area (Å²) in [7, 11) is 0. The molecule has 4 N–H and O–H groups in total. The zero-order valence-electron chi connectivity index (χ0n) is 22.0. The van der Waals surface area contributed by atoms with Crippen LogP contribution in [0.2, 0.25) is 5.02 Å². The summed E-state index contributed by atoms with van der Waals surface area (Å²) < 4.78 is 1.50. The second kappa shape index (κ2) is 11.1. The Morgan fingerprint density at radius 1 is 1.07 bits per heavy atom. The zero-order chi connectivity index (χ0) is 29.2. The highest BCUT2D eigenvalue weighted by Gasteiger charge is 2.34. The summed E-state index contributed by atoms with van der Waals surface area (Å²) in [5, 5.41) is 15.8. The third-order valence-corrected chi connectivity index (χ3v) is 7.25. The summed E-state index contributed by atoms with van der Waals surface area (Å²) in [5.41, 5.74) is 7.14. The van der Waals surface area contributed by atoms with Crippen LogP contribution in [-0.4, -0.2) is 37.1 Å². The SMILES string of the molecule is N#Cc1c(N)ncnc1N1CCCC1c1nc2cccc(Cl)c2c(=O)n1-c1cccc(NC(=O)Nc2ccccn2)c1. The highest BCUT2D eigenvalue weighted by molar-refractivity contribution is 6.35. The molecule has 1 fully saturated rings. The van der Waals surface area contributed by atoms with Gasteiger partial charge in [0.15, 0.2) is 5.82 Å². The van der Waals surface area contributed by atoms with E-state index < -0.39 is 12.1 Å². The van der Waals surface area contributed by atoms with E-state index in [-0.39, 0.29) is 27.3 Å². The van der Waals surface area contributed by atoms with Crippen molar-refractivity contribution in [2.75, 3.05) is 27.8 Å². The molecule has 5 aromatic rings. The Hall–Kier alpha value is -5.54. The predicted molar refractivity (Wildman–Crippen MR) is 160 cm³/mol. The van der Waals surface area contributed by atoms with Crippen molar-refractivity contribution in [3.8, 4) is 11.8 Å². The van der Waals surface area contributed by atoms with Gasteiger partial charge in [-0.15, -0.1) is 0 Å². The number of nitrogens with two attached hydrogens (primary N) is 1. The second-order valence-corrected chi connectivity index (χ2v) is 9.92. The fourth-order valence-electron chi connectivity index (χ4n) is 5.12. The van der Waals surface area contributed by atoms with Gasteiger partial charge in [0.2, 0.25) is 0 Å². The molecule has 2 aromatic carbocycles. The molecule has 0 aliphatic carbocycles. The van der Waals surface area contributed by atoms with Gasteiger partial charge in [0, 0.05) is 18.4 Å². The van der Waals surface area contributed by atoms with Crippen LogP contribution < -0.4 is 26.8 Å². The highest BCUT2D eigenvalue weighted by atomic mass is 35.5. The molecule has 0 spiro atoms. The Balaban J connectivity index is 1.46. The van der Waals surface area contributed by atoms with E-state index in [1.54, 1.807) is 66.9 Å².